The van der Waals surface area contributed by atoms with Crippen LogP contribution in [0.4, 0.5) is 10.1 Å². The Bertz CT molecular complexity index is 1370. The number of rotatable bonds is 7. The zero-order valence-corrected chi connectivity index (χ0v) is 22.0. The lowest BCUT2D eigenvalue weighted by Gasteiger charge is -2.32. The van der Waals surface area contributed by atoms with Crippen molar-refractivity contribution < 1.29 is 14.0 Å². The number of hydrogen-bond acceptors (Lipinski definition) is 4. The fourth-order valence-corrected chi connectivity index (χ4v) is 4.83. The molecule has 1 aliphatic rings. The molecule has 0 atom stereocenters. The smallest absolute Gasteiger partial charge is 0.256 e. The largest absolute Gasteiger partial charge is 0.393 e. The molecule has 3 N–H and O–H groups in total. The van der Waals surface area contributed by atoms with Gasteiger partial charge in [-0.1, -0.05) is 36.4 Å². The summed E-state index contributed by atoms with van der Waals surface area (Å²) in [6.45, 7) is 4.91. The van der Waals surface area contributed by atoms with Crippen LogP contribution in [-0.4, -0.2) is 43.1 Å². The van der Waals surface area contributed by atoms with Gasteiger partial charge in [0.05, 0.1) is 0 Å². The van der Waals surface area contributed by atoms with Crippen LogP contribution in [0.3, 0.4) is 0 Å². The van der Waals surface area contributed by atoms with E-state index >= 15 is 0 Å². The lowest BCUT2D eigenvalue weighted by molar-refractivity contribution is 0.0712. The van der Waals surface area contributed by atoms with Crippen molar-refractivity contribution >= 4 is 29.3 Å². The molecule has 3 aromatic carbocycles. The van der Waals surface area contributed by atoms with E-state index in [1.54, 1.807) is 31.3 Å². The maximum atomic E-state index is 13.7. The summed E-state index contributed by atoms with van der Waals surface area (Å²) in [6, 6.07) is 17.7. The maximum Gasteiger partial charge on any atom is 0.256 e. The topological polar surface area (TPSA) is 85.3 Å². The standard InChI is InChI=1S/C31H33FN4O2/c1-20-5-11-27(32)17-28(20)30(37)35-29-16-25(6-4-21(29)2)31(38)36-14-12-24(13-15-36)22-7-9-23(10-8-22)26(18-33)19-34-3/h4-11,16-19,24,33-34H,12-15H2,1-3H3,(H,35,37)/b26-19+,33-18?. The van der Waals surface area contributed by atoms with E-state index in [-0.39, 0.29) is 11.5 Å². The quantitative estimate of drug-likeness (QED) is 0.343. The summed E-state index contributed by atoms with van der Waals surface area (Å²) in [7, 11) is 1.81. The monoisotopic (exact) mass is 512 g/mol. The number of allylic oxidation sites excluding steroid dienone is 1. The summed E-state index contributed by atoms with van der Waals surface area (Å²) >= 11 is 0. The van der Waals surface area contributed by atoms with E-state index in [0.29, 0.717) is 35.8 Å². The van der Waals surface area contributed by atoms with Crippen LogP contribution in [0.25, 0.3) is 5.57 Å². The van der Waals surface area contributed by atoms with Crippen LogP contribution in [0.5, 0.6) is 0 Å². The Balaban J connectivity index is 1.41. The summed E-state index contributed by atoms with van der Waals surface area (Å²) in [5, 5.41) is 13.4. The van der Waals surface area contributed by atoms with Gasteiger partial charge in [0.1, 0.15) is 5.82 Å². The first-order chi connectivity index (χ1) is 18.3. The summed E-state index contributed by atoms with van der Waals surface area (Å²) in [5.41, 5.74) is 5.86. The summed E-state index contributed by atoms with van der Waals surface area (Å²) < 4.78 is 13.7. The molecule has 0 unspecified atom stereocenters. The molecular formula is C31H33FN4O2. The highest BCUT2D eigenvalue weighted by atomic mass is 19.1. The highest BCUT2D eigenvalue weighted by Crippen LogP contribution is 2.30. The summed E-state index contributed by atoms with van der Waals surface area (Å²) in [6.07, 6.45) is 4.86. The maximum absolute atomic E-state index is 13.7. The molecule has 0 bridgehead atoms. The third kappa shape index (κ3) is 5.99. The summed E-state index contributed by atoms with van der Waals surface area (Å²) in [5.74, 6) is -0.575. The van der Waals surface area contributed by atoms with Crippen molar-refractivity contribution in [1.82, 2.24) is 10.2 Å². The van der Waals surface area contributed by atoms with Crippen LogP contribution in [-0.2, 0) is 0 Å². The molecule has 0 aliphatic carbocycles. The summed E-state index contributed by atoms with van der Waals surface area (Å²) in [4.78, 5) is 28.0. The van der Waals surface area contributed by atoms with Crippen LogP contribution >= 0.6 is 0 Å². The average molecular weight is 513 g/mol. The lowest BCUT2D eigenvalue weighted by atomic mass is 9.88. The van der Waals surface area contributed by atoms with E-state index < -0.39 is 11.7 Å². The third-order valence-corrected chi connectivity index (χ3v) is 7.13. The second kappa shape index (κ2) is 11.9. The van der Waals surface area contributed by atoms with Gasteiger partial charge < -0.3 is 20.9 Å². The van der Waals surface area contributed by atoms with Crippen molar-refractivity contribution in [2.45, 2.75) is 32.6 Å². The van der Waals surface area contributed by atoms with Gasteiger partial charge in [-0.25, -0.2) is 4.39 Å². The molecule has 4 rings (SSSR count). The number of carbonyl (C=O) groups is 2. The number of nitrogens with one attached hydrogen (secondary N) is 3. The Morgan fingerprint density at radius 2 is 1.61 bits per heavy atom. The van der Waals surface area contributed by atoms with Crippen molar-refractivity contribution in [3.63, 3.8) is 0 Å². The van der Waals surface area contributed by atoms with Gasteiger partial charge in [0.2, 0.25) is 0 Å². The number of hydrogen-bond donors (Lipinski definition) is 3. The number of carbonyl (C=O) groups excluding carboxylic acids is 2. The third-order valence-electron chi connectivity index (χ3n) is 7.13. The van der Waals surface area contributed by atoms with Crippen molar-refractivity contribution in [2.75, 3.05) is 25.5 Å². The van der Waals surface area contributed by atoms with E-state index in [2.05, 4.69) is 22.8 Å². The molecule has 6 nitrogen and oxygen atoms in total. The van der Waals surface area contributed by atoms with Gasteiger partial charge in [0, 0.05) is 54.9 Å². The number of aryl methyl sites for hydroxylation is 2. The van der Waals surface area contributed by atoms with Crippen LogP contribution in [0.15, 0.2) is 66.9 Å². The van der Waals surface area contributed by atoms with E-state index in [9.17, 15) is 14.0 Å². The van der Waals surface area contributed by atoms with Crippen molar-refractivity contribution in [3.05, 3.63) is 106 Å². The zero-order valence-electron chi connectivity index (χ0n) is 22.0. The molecule has 3 aromatic rings. The molecule has 38 heavy (non-hydrogen) atoms. The molecule has 196 valence electrons. The number of halogens is 1. The van der Waals surface area contributed by atoms with Crippen LogP contribution in [0, 0.1) is 25.1 Å². The van der Waals surface area contributed by atoms with Crippen LogP contribution in [0.1, 0.15) is 61.7 Å². The Morgan fingerprint density at radius 1 is 0.947 bits per heavy atom. The first-order valence-corrected chi connectivity index (χ1v) is 12.8. The predicted octanol–water partition coefficient (Wildman–Crippen LogP) is 5.92. The first kappa shape index (κ1) is 26.8. The first-order valence-electron chi connectivity index (χ1n) is 12.8. The van der Waals surface area contributed by atoms with Crippen molar-refractivity contribution in [1.29, 1.82) is 5.41 Å². The van der Waals surface area contributed by atoms with Gasteiger partial charge in [0.15, 0.2) is 0 Å². The highest BCUT2D eigenvalue weighted by Gasteiger charge is 2.25. The minimum atomic E-state index is -0.470. The Labute approximate surface area is 223 Å². The Morgan fingerprint density at radius 3 is 2.26 bits per heavy atom. The molecule has 0 spiro atoms. The average Bonchev–Trinajstić information content (AvgIpc) is 2.94. The SMILES string of the molecule is CN/C=C(\C=N)c1ccc(C2CCN(C(=O)c3ccc(C)c(NC(=O)c4cc(F)ccc4C)c3)CC2)cc1. The molecule has 1 heterocycles. The van der Waals surface area contributed by atoms with Gasteiger partial charge in [-0.15, -0.1) is 0 Å². The molecule has 1 saturated heterocycles. The number of anilines is 1. The van der Waals surface area contributed by atoms with Crippen LogP contribution < -0.4 is 10.6 Å². The number of amides is 2. The molecule has 0 saturated carbocycles. The number of likely N-dealkylation sites (tertiary alicyclic amines) is 1. The number of nitrogens with zero attached hydrogens (tertiary/aromatic N) is 1. The van der Waals surface area contributed by atoms with Crippen LogP contribution in [0.2, 0.25) is 0 Å². The predicted molar refractivity (Wildman–Crippen MR) is 150 cm³/mol. The minimum absolute atomic E-state index is 0.0657. The van der Waals surface area contributed by atoms with Crippen molar-refractivity contribution in [2.24, 2.45) is 0 Å². The molecule has 1 aliphatic heterocycles. The molecule has 0 aromatic heterocycles. The van der Waals surface area contributed by atoms with Crippen molar-refractivity contribution in [3.8, 4) is 0 Å². The van der Waals surface area contributed by atoms with Gasteiger partial charge in [0.25, 0.3) is 11.8 Å². The van der Waals surface area contributed by atoms with Gasteiger partial charge in [-0.2, -0.15) is 0 Å². The normalized spacial score (nSPS) is 14.2. The Kier molecular flexibility index (Phi) is 8.36. The van der Waals surface area contributed by atoms with E-state index in [0.717, 1.165) is 29.5 Å². The fourth-order valence-electron chi connectivity index (χ4n) is 4.83. The van der Waals surface area contributed by atoms with Gasteiger partial charge in [-0.05, 0) is 79.1 Å². The Hall–Kier alpha value is -4.26. The molecule has 0 radical (unpaired) electrons. The lowest BCUT2D eigenvalue weighted by Crippen LogP contribution is -2.38. The molecular weight excluding hydrogens is 479 g/mol. The minimum Gasteiger partial charge on any atom is -0.393 e. The number of piperidine rings is 1. The van der Waals surface area contributed by atoms with E-state index in [1.165, 1.54) is 23.9 Å². The van der Waals surface area contributed by atoms with Gasteiger partial charge in [-0.3, -0.25) is 9.59 Å². The second-order valence-corrected chi connectivity index (χ2v) is 9.66. The van der Waals surface area contributed by atoms with E-state index in [4.69, 9.17) is 5.41 Å². The molecule has 1 fully saturated rings. The highest BCUT2D eigenvalue weighted by molar-refractivity contribution is 6.08. The molecule has 7 heteroatoms. The van der Waals surface area contributed by atoms with E-state index in [1.807, 2.05) is 37.1 Å². The fraction of sp³-hybridized carbons (Fsp3) is 0.258. The zero-order chi connectivity index (χ0) is 27.2. The van der Waals surface area contributed by atoms with Gasteiger partial charge >= 0.3 is 0 Å². The second-order valence-electron chi connectivity index (χ2n) is 9.66. The number of benzene rings is 3. The molecule has 2 amide bonds.